The molecule has 2 heterocycles. The molecule has 4 rings (SSSR count). The molecule has 5 heteroatoms. The molecule has 0 aromatic heterocycles. The minimum Gasteiger partial charge on any atom is -0.454 e. The Morgan fingerprint density at radius 1 is 0.958 bits per heavy atom. The van der Waals surface area contributed by atoms with Gasteiger partial charge in [0.25, 0.3) is 0 Å². The number of nitrogens with zero attached hydrogens (tertiary/aromatic N) is 3. The highest BCUT2D eigenvalue weighted by atomic mass is 16.7. The van der Waals surface area contributed by atoms with Gasteiger partial charge in [-0.3, -0.25) is 4.90 Å². The van der Waals surface area contributed by atoms with Crippen LogP contribution in [0, 0.1) is 11.3 Å². The van der Waals surface area contributed by atoms with E-state index in [0.29, 0.717) is 6.79 Å². The van der Waals surface area contributed by atoms with Gasteiger partial charge in [0, 0.05) is 38.3 Å². The van der Waals surface area contributed by atoms with Gasteiger partial charge in [0.05, 0.1) is 11.3 Å². The third-order valence-electron chi connectivity index (χ3n) is 4.61. The summed E-state index contributed by atoms with van der Waals surface area (Å²) in [5.41, 5.74) is 2.96. The average molecular weight is 321 g/mol. The number of hydrogen-bond acceptors (Lipinski definition) is 5. The Kier molecular flexibility index (Phi) is 3.97. The van der Waals surface area contributed by atoms with E-state index in [1.807, 2.05) is 36.4 Å². The van der Waals surface area contributed by atoms with Crippen LogP contribution in [0.2, 0.25) is 0 Å². The predicted octanol–water partition coefficient (Wildman–Crippen LogP) is 2.61. The highest BCUT2D eigenvalue weighted by Crippen LogP contribution is 2.36. The fourth-order valence-electron chi connectivity index (χ4n) is 3.35. The third-order valence-corrected chi connectivity index (χ3v) is 4.61. The van der Waals surface area contributed by atoms with Crippen LogP contribution < -0.4 is 14.4 Å². The van der Waals surface area contributed by atoms with Crippen LogP contribution in [0.4, 0.5) is 5.69 Å². The van der Waals surface area contributed by atoms with Gasteiger partial charge >= 0.3 is 0 Å². The zero-order valence-electron chi connectivity index (χ0n) is 13.4. The molecule has 2 aliphatic rings. The van der Waals surface area contributed by atoms with Crippen molar-refractivity contribution in [3.8, 4) is 17.6 Å². The monoisotopic (exact) mass is 321 g/mol. The lowest BCUT2D eigenvalue weighted by molar-refractivity contribution is 0.171. The van der Waals surface area contributed by atoms with Gasteiger partial charge in [0.2, 0.25) is 6.79 Å². The largest absolute Gasteiger partial charge is 0.454 e. The number of hydrogen-bond donors (Lipinski definition) is 0. The SMILES string of the molecule is N#Cc1ccccc1N1CCN(Cc2cccc3c2OCO3)CC1. The average Bonchev–Trinajstić information content (AvgIpc) is 3.12. The molecule has 0 aliphatic carbocycles. The lowest BCUT2D eigenvalue weighted by Crippen LogP contribution is -2.46. The van der Waals surface area contributed by atoms with Gasteiger partial charge in [-0.2, -0.15) is 5.26 Å². The van der Waals surface area contributed by atoms with E-state index in [1.54, 1.807) is 0 Å². The highest BCUT2D eigenvalue weighted by Gasteiger charge is 2.22. The van der Waals surface area contributed by atoms with E-state index >= 15 is 0 Å². The van der Waals surface area contributed by atoms with Gasteiger partial charge in [-0.15, -0.1) is 0 Å². The summed E-state index contributed by atoms with van der Waals surface area (Å²) in [6.07, 6.45) is 0. The van der Waals surface area contributed by atoms with Crippen molar-refractivity contribution in [3.63, 3.8) is 0 Å². The zero-order chi connectivity index (χ0) is 16.4. The minimum atomic E-state index is 0.311. The number of rotatable bonds is 3. The Labute approximate surface area is 141 Å². The van der Waals surface area contributed by atoms with Crippen molar-refractivity contribution in [1.82, 2.24) is 4.90 Å². The van der Waals surface area contributed by atoms with Crippen molar-refractivity contribution in [2.24, 2.45) is 0 Å². The lowest BCUT2D eigenvalue weighted by atomic mass is 10.1. The van der Waals surface area contributed by atoms with Crippen LogP contribution in [-0.2, 0) is 6.54 Å². The molecule has 0 bridgehead atoms. The van der Waals surface area contributed by atoms with E-state index in [-0.39, 0.29) is 0 Å². The lowest BCUT2D eigenvalue weighted by Gasteiger charge is -2.36. The summed E-state index contributed by atoms with van der Waals surface area (Å²) < 4.78 is 11.0. The Morgan fingerprint density at radius 2 is 1.79 bits per heavy atom. The van der Waals surface area contributed by atoms with Crippen LogP contribution in [-0.4, -0.2) is 37.9 Å². The van der Waals surface area contributed by atoms with Crippen molar-refractivity contribution in [2.75, 3.05) is 37.9 Å². The first kappa shape index (κ1) is 14.9. The summed E-state index contributed by atoms with van der Waals surface area (Å²) in [5, 5.41) is 9.27. The molecule has 0 amide bonds. The molecule has 24 heavy (non-hydrogen) atoms. The molecule has 2 aliphatic heterocycles. The molecule has 2 aromatic carbocycles. The fourth-order valence-corrected chi connectivity index (χ4v) is 3.35. The summed E-state index contributed by atoms with van der Waals surface area (Å²) in [4.78, 5) is 4.72. The van der Waals surface area contributed by atoms with Crippen molar-refractivity contribution in [2.45, 2.75) is 6.54 Å². The van der Waals surface area contributed by atoms with Crippen LogP contribution in [0.5, 0.6) is 11.5 Å². The van der Waals surface area contributed by atoms with E-state index in [1.165, 1.54) is 5.56 Å². The van der Waals surface area contributed by atoms with Crippen molar-refractivity contribution in [3.05, 3.63) is 53.6 Å². The van der Waals surface area contributed by atoms with Gasteiger partial charge in [0.1, 0.15) is 6.07 Å². The fraction of sp³-hybridized carbons (Fsp3) is 0.316. The van der Waals surface area contributed by atoms with Gasteiger partial charge in [-0.1, -0.05) is 24.3 Å². The molecule has 0 saturated carbocycles. The predicted molar refractivity (Wildman–Crippen MR) is 91.2 cm³/mol. The molecule has 1 saturated heterocycles. The number of anilines is 1. The number of fused-ring (bicyclic) bond motifs is 1. The van der Waals surface area contributed by atoms with Gasteiger partial charge < -0.3 is 14.4 Å². The molecular formula is C19H19N3O2. The Bertz CT molecular complexity index is 776. The van der Waals surface area contributed by atoms with Crippen molar-refractivity contribution in [1.29, 1.82) is 5.26 Å². The van der Waals surface area contributed by atoms with Gasteiger partial charge in [-0.25, -0.2) is 0 Å². The van der Waals surface area contributed by atoms with Crippen LogP contribution in [0.15, 0.2) is 42.5 Å². The molecule has 0 unspecified atom stereocenters. The quantitative estimate of drug-likeness (QED) is 0.870. The van der Waals surface area contributed by atoms with E-state index in [9.17, 15) is 5.26 Å². The van der Waals surface area contributed by atoms with E-state index in [4.69, 9.17) is 9.47 Å². The van der Waals surface area contributed by atoms with E-state index in [0.717, 1.165) is 55.5 Å². The summed E-state index contributed by atoms with van der Waals surface area (Å²) in [6, 6.07) is 16.2. The van der Waals surface area contributed by atoms with Crippen LogP contribution in [0.3, 0.4) is 0 Å². The molecule has 0 radical (unpaired) electrons. The Balaban J connectivity index is 1.42. The first-order chi connectivity index (χ1) is 11.8. The van der Waals surface area contributed by atoms with Crippen LogP contribution in [0.25, 0.3) is 0 Å². The maximum atomic E-state index is 9.27. The normalized spacial score (nSPS) is 16.9. The van der Waals surface area contributed by atoms with Crippen LogP contribution >= 0.6 is 0 Å². The second kappa shape index (κ2) is 6.42. The maximum Gasteiger partial charge on any atom is 0.231 e. The molecule has 0 spiro atoms. The number of nitriles is 1. The topological polar surface area (TPSA) is 48.7 Å². The summed E-state index contributed by atoms with van der Waals surface area (Å²) >= 11 is 0. The molecule has 2 aromatic rings. The van der Waals surface area contributed by atoms with E-state index in [2.05, 4.69) is 21.9 Å². The van der Waals surface area contributed by atoms with Crippen LogP contribution in [0.1, 0.15) is 11.1 Å². The van der Waals surface area contributed by atoms with Gasteiger partial charge in [0.15, 0.2) is 11.5 Å². The number of piperazine rings is 1. The Hall–Kier alpha value is -2.71. The molecule has 122 valence electrons. The summed E-state index contributed by atoms with van der Waals surface area (Å²) in [6.45, 7) is 4.94. The molecular weight excluding hydrogens is 302 g/mol. The van der Waals surface area contributed by atoms with Crippen molar-refractivity contribution >= 4 is 5.69 Å². The smallest absolute Gasteiger partial charge is 0.231 e. The highest BCUT2D eigenvalue weighted by molar-refractivity contribution is 5.59. The number of ether oxygens (including phenoxy) is 2. The standard InChI is InChI=1S/C19H19N3O2/c20-12-15-4-1-2-6-17(15)22-10-8-21(9-11-22)13-16-5-3-7-18-19(16)24-14-23-18/h1-7H,8-11,13-14H2. The summed E-state index contributed by atoms with van der Waals surface area (Å²) in [7, 11) is 0. The van der Waals surface area contributed by atoms with Crippen molar-refractivity contribution < 1.29 is 9.47 Å². The molecule has 5 nitrogen and oxygen atoms in total. The molecule has 1 fully saturated rings. The number of para-hydroxylation sites is 2. The zero-order valence-corrected chi connectivity index (χ0v) is 13.4. The molecule has 0 N–H and O–H groups in total. The number of benzene rings is 2. The van der Waals surface area contributed by atoms with Gasteiger partial charge in [-0.05, 0) is 18.2 Å². The van der Waals surface area contributed by atoms with E-state index < -0.39 is 0 Å². The molecule has 0 atom stereocenters. The minimum absolute atomic E-state index is 0.311. The second-order valence-electron chi connectivity index (χ2n) is 6.04. The Morgan fingerprint density at radius 3 is 2.62 bits per heavy atom. The first-order valence-electron chi connectivity index (χ1n) is 8.19. The second-order valence-corrected chi connectivity index (χ2v) is 6.04. The maximum absolute atomic E-state index is 9.27. The third kappa shape index (κ3) is 2.77. The first-order valence-corrected chi connectivity index (χ1v) is 8.19. The summed E-state index contributed by atoms with van der Waals surface area (Å²) in [5.74, 6) is 1.73.